The summed E-state index contributed by atoms with van der Waals surface area (Å²) in [6.07, 6.45) is 1.49. The van der Waals surface area contributed by atoms with Gasteiger partial charge in [0, 0.05) is 6.42 Å². The fourth-order valence-corrected chi connectivity index (χ4v) is 2.83. The topological polar surface area (TPSA) is 119 Å². The third-order valence-corrected chi connectivity index (χ3v) is 3.81. The maximum absolute atomic E-state index is 9.87. The Kier molecular flexibility index (Phi) is 3.28. The maximum atomic E-state index is 9.87. The minimum absolute atomic E-state index is 0.299. The largest absolute Gasteiger partial charge is 0.390 e. The van der Waals surface area contributed by atoms with Crippen molar-refractivity contribution in [3.05, 3.63) is 12.7 Å². The number of aromatic nitrogens is 4. The quantitative estimate of drug-likeness (QED) is 0.490. The van der Waals surface area contributed by atoms with E-state index in [0.717, 1.165) is 0 Å². The first-order valence-corrected chi connectivity index (χ1v) is 6.91. The van der Waals surface area contributed by atoms with Gasteiger partial charge in [0.2, 0.25) is 0 Å². The third kappa shape index (κ3) is 2.16. The SMILES string of the molecule is Nc1ncnc2c1ncn2[C@H]1C[C@H](O)[C@@H](C(O)I)O1. The van der Waals surface area contributed by atoms with Crippen LogP contribution in [0, 0.1) is 0 Å². The molecule has 1 saturated heterocycles. The Balaban J connectivity index is 1.96. The van der Waals surface area contributed by atoms with E-state index in [4.69, 9.17) is 10.5 Å². The van der Waals surface area contributed by atoms with E-state index in [9.17, 15) is 10.2 Å². The number of alkyl halides is 1. The van der Waals surface area contributed by atoms with Gasteiger partial charge >= 0.3 is 0 Å². The summed E-state index contributed by atoms with van der Waals surface area (Å²) in [4.78, 5) is 12.1. The minimum Gasteiger partial charge on any atom is -0.390 e. The van der Waals surface area contributed by atoms with Crippen molar-refractivity contribution in [3.8, 4) is 0 Å². The summed E-state index contributed by atoms with van der Waals surface area (Å²) in [6, 6.07) is 0. The first-order chi connectivity index (χ1) is 9.08. The molecule has 0 bridgehead atoms. The van der Waals surface area contributed by atoms with E-state index in [2.05, 4.69) is 15.0 Å². The van der Waals surface area contributed by atoms with Gasteiger partial charge in [0.1, 0.15) is 28.3 Å². The number of halogens is 1. The molecule has 9 heteroatoms. The molecule has 2 aromatic heterocycles. The molecular weight excluding hydrogens is 365 g/mol. The molecule has 0 spiro atoms. The highest BCUT2D eigenvalue weighted by molar-refractivity contribution is 14.1. The van der Waals surface area contributed by atoms with Crippen molar-refractivity contribution in [2.75, 3.05) is 5.73 Å². The van der Waals surface area contributed by atoms with E-state index in [1.165, 1.54) is 6.33 Å². The molecule has 0 radical (unpaired) electrons. The number of nitrogens with two attached hydrogens (primary N) is 1. The molecule has 0 aromatic carbocycles. The highest BCUT2D eigenvalue weighted by atomic mass is 127. The standard InChI is InChI=1S/C10H12IN5O3/c11-8(18)7-4(17)1-5(19-7)16-3-15-6-9(12)13-2-14-10(6)16/h2-5,7-8,17-18H,1H2,(H2,12,13,14)/t4-,5+,7-,8?/m0/s1. The van der Waals surface area contributed by atoms with Crippen molar-refractivity contribution in [2.24, 2.45) is 0 Å². The average Bonchev–Trinajstić information content (AvgIpc) is 2.93. The molecule has 0 aliphatic carbocycles. The molecule has 19 heavy (non-hydrogen) atoms. The number of aliphatic hydroxyl groups excluding tert-OH is 2. The zero-order chi connectivity index (χ0) is 13.6. The number of nitrogen functional groups attached to an aromatic ring is 1. The molecule has 8 nitrogen and oxygen atoms in total. The van der Waals surface area contributed by atoms with Gasteiger partial charge in [-0.05, 0) is 22.6 Å². The zero-order valence-corrected chi connectivity index (χ0v) is 11.9. The van der Waals surface area contributed by atoms with Gasteiger partial charge in [-0.2, -0.15) is 0 Å². The summed E-state index contributed by atoms with van der Waals surface area (Å²) in [5.74, 6) is 0.299. The zero-order valence-electron chi connectivity index (χ0n) is 9.72. The predicted molar refractivity (Wildman–Crippen MR) is 74.3 cm³/mol. The van der Waals surface area contributed by atoms with E-state index < -0.39 is 22.5 Å². The lowest BCUT2D eigenvalue weighted by atomic mass is 10.2. The summed E-state index contributed by atoms with van der Waals surface area (Å²) in [6.45, 7) is 0. The number of fused-ring (bicyclic) bond motifs is 1. The molecule has 4 atom stereocenters. The molecular formula is C10H12IN5O3. The molecule has 1 aliphatic rings. The summed E-state index contributed by atoms with van der Waals surface area (Å²) >= 11 is 1.81. The van der Waals surface area contributed by atoms with Crippen molar-refractivity contribution in [2.45, 2.75) is 29.0 Å². The van der Waals surface area contributed by atoms with Crippen LogP contribution >= 0.6 is 22.6 Å². The van der Waals surface area contributed by atoms with E-state index in [1.807, 2.05) is 22.6 Å². The summed E-state index contributed by atoms with van der Waals surface area (Å²) in [7, 11) is 0. The van der Waals surface area contributed by atoms with Crippen molar-refractivity contribution in [1.82, 2.24) is 19.5 Å². The van der Waals surface area contributed by atoms with Crippen LogP contribution in [0.25, 0.3) is 11.2 Å². The molecule has 0 saturated carbocycles. The van der Waals surface area contributed by atoms with Crippen molar-refractivity contribution in [3.63, 3.8) is 0 Å². The molecule has 1 fully saturated rings. The van der Waals surface area contributed by atoms with Crippen LogP contribution in [-0.2, 0) is 4.74 Å². The van der Waals surface area contributed by atoms with Crippen LogP contribution in [-0.4, -0.2) is 46.1 Å². The number of ether oxygens (including phenoxy) is 1. The Bertz CT molecular complexity index is 604. The number of aliphatic hydroxyl groups is 2. The minimum atomic E-state index is -0.771. The fraction of sp³-hybridized carbons (Fsp3) is 0.500. The summed E-state index contributed by atoms with van der Waals surface area (Å²) in [5, 5.41) is 19.4. The highest BCUT2D eigenvalue weighted by Crippen LogP contribution is 2.33. The van der Waals surface area contributed by atoms with Crippen molar-refractivity contribution < 1.29 is 14.9 Å². The van der Waals surface area contributed by atoms with Gasteiger partial charge in [0.05, 0.1) is 12.4 Å². The van der Waals surface area contributed by atoms with Gasteiger partial charge in [0.25, 0.3) is 0 Å². The van der Waals surface area contributed by atoms with Crippen LogP contribution < -0.4 is 5.73 Å². The van der Waals surface area contributed by atoms with Gasteiger partial charge < -0.3 is 20.7 Å². The van der Waals surface area contributed by atoms with Gasteiger partial charge in [0.15, 0.2) is 11.5 Å². The number of anilines is 1. The Labute approximate surface area is 121 Å². The monoisotopic (exact) mass is 377 g/mol. The first-order valence-electron chi connectivity index (χ1n) is 5.66. The normalized spacial score (nSPS) is 28.9. The van der Waals surface area contributed by atoms with Crippen LogP contribution in [0.3, 0.4) is 0 Å². The smallest absolute Gasteiger partial charge is 0.167 e. The molecule has 0 amide bonds. The van der Waals surface area contributed by atoms with Gasteiger partial charge in [-0.3, -0.25) is 4.57 Å². The van der Waals surface area contributed by atoms with Crippen molar-refractivity contribution >= 4 is 39.6 Å². The molecule has 3 heterocycles. The highest BCUT2D eigenvalue weighted by Gasteiger charge is 2.39. The fourth-order valence-electron chi connectivity index (χ4n) is 2.18. The molecule has 2 aromatic rings. The maximum Gasteiger partial charge on any atom is 0.167 e. The molecule has 1 aliphatic heterocycles. The third-order valence-electron chi connectivity index (χ3n) is 3.11. The molecule has 1 unspecified atom stereocenters. The summed E-state index contributed by atoms with van der Waals surface area (Å²) in [5.41, 5.74) is 6.76. The van der Waals surface area contributed by atoms with E-state index in [1.54, 1.807) is 10.9 Å². The van der Waals surface area contributed by atoms with Crippen LogP contribution in [0.15, 0.2) is 12.7 Å². The second-order valence-electron chi connectivity index (χ2n) is 4.31. The summed E-state index contributed by atoms with van der Waals surface area (Å²) < 4.78 is 6.56. The van der Waals surface area contributed by atoms with Crippen LogP contribution in [0.4, 0.5) is 5.82 Å². The lowest BCUT2D eigenvalue weighted by Gasteiger charge is -2.16. The Morgan fingerprint density at radius 3 is 2.95 bits per heavy atom. The number of hydrogen-bond acceptors (Lipinski definition) is 7. The average molecular weight is 377 g/mol. The molecule has 4 N–H and O–H groups in total. The van der Waals surface area contributed by atoms with Crippen LogP contribution in [0.5, 0.6) is 0 Å². The molecule has 3 rings (SSSR count). The number of nitrogens with zero attached hydrogens (tertiary/aromatic N) is 4. The number of hydrogen-bond donors (Lipinski definition) is 3. The van der Waals surface area contributed by atoms with Gasteiger partial charge in [-0.15, -0.1) is 0 Å². The Morgan fingerprint density at radius 1 is 1.47 bits per heavy atom. The Hall–Kier alpha value is -1.04. The first kappa shape index (κ1) is 13.0. The second kappa shape index (κ2) is 4.81. The predicted octanol–water partition coefficient (Wildman–Crippen LogP) is -0.190. The van der Waals surface area contributed by atoms with Crippen LogP contribution in [0.1, 0.15) is 12.6 Å². The Morgan fingerprint density at radius 2 is 2.26 bits per heavy atom. The second-order valence-corrected chi connectivity index (χ2v) is 5.59. The van der Waals surface area contributed by atoms with E-state index in [-0.39, 0.29) is 0 Å². The van der Waals surface area contributed by atoms with Gasteiger partial charge in [-0.1, -0.05) is 0 Å². The van der Waals surface area contributed by atoms with Crippen molar-refractivity contribution in [1.29, 1.82) is 0 Å². The van der Waals surface area contributed by atoms with Gasteiger partial charge in [-0.25, -0.2) is 15.0 Å². The number of rotatable bonds is 2. The lowest BCUT2D eigenvalue weighted by Crippen LogP contribution is -2.30. The van der Waals surface area contributed by atoms with E-state index >= 15 is 0 Å². The molecule has 102 valence electrons. The van der Waals surface area contributed by atoms with Crippen LogP contribution in [0.2, 0.25) is 0 Å². The number of imidazole rings is 1. The van der Waals surface area contributed by atoms with E-state index in [0.29, 0.717) is 23.4 Å². The lowest BCUT2D eigenvalue weighted by molar-refractivity contribution is -0.0491.